The molecule has 1 aromatic carbocycles. The molecule has 0 amide bonds. The molecule has 0 aliphatic heterocycles. The zero-order chi connectivity index (χ0) is 20.0. The lowest BCUT2D eigenvalue weighted by molar-refractivity contribution is -0.139. The Morgan fingerprint density at radius 3 is 2.35 bits per heavy atom. The Morgan fingerprint density at radius 1 is 1.35 bits per heavy atom. The van der Waals surface area contributed by atoms with Gasteiger partial charge in [0, 0.05) is 0 Å². The number of hydrogen-bond donors (Lipinski definition) is 3. The van der Waals surface area contributed by atoms with E-state index < -0.39 is 12.0 Å². The second kappa shape index (κ2) is 8.86. The van der Waals surface area contributed by atoms with Crippen molar-refractivity contribution in [1.29, 1.82) is 10.5 Å². The van der Waals surface area contributed by atoms with Crippen molar-refractivity contribution in [2.45, 2.75) is 26.8 Å². The van der Waals surface area contributed by atoms with Gasteiger partial charge in [0.25, 0.3) is 0 Å². The Hall–Kier alpha value is -3.07. The van der Waals surface area contributed by atoms with Gasteiger partial charge in [0.15, 0.2) is 0 Å². The molecule has 0 aliphatic rings. The third-order valence-corrected chi connectivity index (χ3v) is 3.97. The summed E-state index contributed by atoms with van der Waals surface area (Å²) in [4.78, 5) is 10.0. The fourth-order valence-electron chi connectivity index (χ4n) is 1.96. The van der Waals surface area contributed by atoms with Gasteiger partial charge in [0.2, 0.25) is 0 Å². The molecule has 0 saturated carbocycles. The zero-order valence-corrected chi connectivity index (χ0v) is 15.3. The standard InChI is InChI=1S/C12H8ClN5.C5H11NO2/c1-7-9(5-15)10(13)2-3-11(7)18-12(16)8(4-14)6-17-18;1-3(2)4(6)5(7)8/h2-3,6H,16H2,1H3;3-4H,6H2,1-2H3,(H,7,8)/t;4-/m.0/s1. The van der Waals surface area contributed by atoms with E-state index in [-0.39, 0.29) is 11.7 Å². The fraction of sp³-hybridized carbons (Fsp3) is 0.294. The van der Waals surface area contributed by atoms with Crippen LogP contribution in [0, 0.1) is 35.5 Å². The molecular formula is C17H19ClN6O2. The molecule has 0 unspecified atom stereocenters. The van der Waals surface area contributed by atoms with Crippen molar-refractivity contribution in [3.05, 3.63) is 40.0 Å². The molecule has 0 spiro atoms. The normalized spacial score (nSPS) is 11.1. The third kappa shape index (κ3) is 4.51. The average Bonchev–Trinajstić information content (AvgIpc) is 2.95. The quantitative estimate of drug-likeness (QED) is 0.743. The molecule has 0 fully saturated rings. The maximum Gasteiger partial charge on any atom is 0.320 e. The number of halogens is 1. The highest BCUT2D eigenvalue weighted by Gasteiger charge is 2.15. The molecule has 26 heavy (non-hydrogen) atoms. The van der Waals surface area contributed by atoms with E-state index in [0.717, 1.165) is 0 Å². The van der Waals surface area contributed by atoms with Crippen molar-refractivity contribution in [1.82, 2.24) is 9.78 Å². The van der Waals surface area contributed by atoms with Crippen LogP contribution in [0.4, 0.5) is 5.82 Å². The second-order valence-corrected chi connectivity index (χ2v) is 6.16. The summed E-state index contributed by atoms with van der Waals surface area (Å²) in [5.74, 6) is -0.667. The van der Waals surface area contributed by atoms with Gasteiger partial charge in [-0.3, -0.25) is 4.79 Å². The van der Waals surface area contributed by atoms with Crippen molar-refractivity contribution < 1.29 is 9.90 Å². The minimum absolute atomic E-state index is 0.0208. The van der Waals surface area contributed by atoms with Crippen LogP contribution in [-0.4, -0.2) is 26.9 Å². The van der Waals surface area contributed by atoms with Gasteiger partial charge < -0.3 is 16.6 Å². The molecule has 1 atom stereocenters. The van der Waals surface area contributed by atoms with Gasteiger partial charge in [0.1, 0.15) is 29.6 Å². The number of carbonyl (C=O) groups is 1. The Kier molecular flexibility index (Phi) is 7.15. The molecule has 2 rings (SSSR count). The summed E-state index contributed by atoms with van der Waals surface area (Å²) in [6.07, 6.45) is 1.38. The van der Waals surface area contributed by atoms with Gasteiger partial charge in [0.05, 0.1) is 22.5 Å². The molecular weight excluding hydrogens is 356 g/mol. The summed E-state index contributed by atoms with van der Waals surface area (Å²) >= 11 is 5.93. The lowest BCUT2D eigenvalue weighted by Gasteiger charge is -2.10. The Bertz CT molecular complexity index is 892. The number of aromatic nitrogens is 2. The van der Waals surface area contributed by atoms with E-state index in [1.54, 1.807) is 32.9 Å². The number of nitrogens with two attached hydrogens (primary N) is 2. The first-order valence-electron chi connectivity index (χ1n) is 7.57. The number of rotatable bonds is 3. The first kappa shape index (κ1) is 21.0. The summed E-state index contributed by atoms with van der Waals surface area (Å²) in [6, 6.07) is 6.59. The summed E-state index contributed by atoms with van der Waals surface area (Å²) in [6.45, 7) is 5.31. The third-order valence-electron chi connectivity index (χ3n) is 3.66. The lowest BCUT2D eigenvalue weighted by Crippen LogP contribution is -2.34. The van der Waals surface area contributed by atoms with Crippen LogP contribution in [0.15, 0.2) is 18.3 Å². The van der Waals surface area contributed by atoms with E-state index in [4.69, 9.17) is 38.7 Å². The molecule has 9 heteroatoms. The van der Waals surface area contributed by atoms with E-state index in [1.165, 1.54) is 10.9 Å². The predicted octanol–water partition coefficient (Wildman–Crippen LogP) is 2.21. The smallest absolute Gasteiger partial charge is 0.320 e. The summed E-state index contributed by atoms with van der Waals surface area (Å²) in [5.41, 5.74) is 12.9. The minimum Gasteiger partial charge on any atom is -0.480 e. The molecule has 1 heterocycles. The first-order valence-corrected chi connectivity index (χ1v) is 7.95. The van der Waals surface area contributed by atoms with Crippen molar-refractivity contribution in [3.63, 3.8) is 0 Å². The molecule has 1 aromatic heterocycles. The Balaban J connectivity index is 0.000000359. The number of anilines is 1. The molecule has 8 nitrogen and oxygen atoms in total. The highest BCUT2D eigenvalue weighted by molar-refractivity contribution is 6.31. The molecule has 0 bridgehead atoms. The van der Waals surface area contributed by atoms with E-state index in [2.05, 4.69) is 5.10 Å². The Morgan fingerprint density at radius 2 is 1.96 bits per heavy atom. The number of carboxylic acids is 1. The van der Waals surface area contributed by atoms with Crippen LogP contribution in [-0.2, 0) is 4.79 Å². The SMILES string of the molecule is CC(C)[C@H](N)C(=O)O.Cc1c(-n2ncc(C#N)c2N)ccc(Cl)c1C#N. The number of aliphatic carboxylic acids is 1. The minimum atomic E-state index is -0.931. The number of hydrogen-bond acceptors (Lipinski definition) is 6. The number of nitrogens with zero attached hydrogens (tertiary/aromatic N) is 4. The van der Waals surface area contributed by atoms with E-state index in [0.29, 0.717) is 27.4 Å². The monoisotopic (exact) mass is 374 g/mol. The molecule has 5 N–H and O–H groups in total. The van der Waals surface area contributed by atoms with Crippen LogP contribution in [0.2, 0.25) is 5.02 Å². The first-order chi connectivity index (χ1) is 12.1. The molecule has 0 radical (unpaired) electrons. The van der Waals surface area contributed by atoms with Crippen molar-refractivity contribution in [2.75, 3.05) is 5.73 Å². The van der Waals surface area contributed by atoms with Gasteiger partial charge in [-0.25, -0.2) is 4.68 Å². The van der Waals surface area contributed by atoms with E-state index >= 15 is 0 Å². The molecule has 2 aromatic rings. The van der Waals surface area contributed by atoms with E-state index in [9.17, 15) is 4.79 Å². The number of nitriles is 2. The van der Waals surface area contributed by atoms with Gasteiger partial charge in [-0.15, -0.1) is 0 Å². The summed E-state index contributed by atoms with van der Waals surface area (Å²) in [5, 5.41) is 30.5. The fourth-order valence-corrected chi connectivity index (χ4v) is 2.20. The average molecular weight is 375 g/mol. The topological polar surface area (TPSA) is 155 Å². The number of carboxylic acid groups (broad SMARTS) is 1. The van der Waals surface area contributed by atoms with Crippen LogP contribution in [0.25, 0.3) is 5.69 Å². The molecule has 136 valence electrons. The predicted molar refractivity (Wildman–Crippen MR) is 97.6 cm³/mol. The number of benzene rings is 1. The maximum absolute atomic E-state index is 10.0. The highest BCUT2D eigenvalue weighted by Crippen LogP contribution is 2.26. The molecule has 0 saturated heterocycles. The summed E-state index contributed by atoms with van der Waals surface area (Å²) in [7, 11) is 0. The van der Waals surface area contributed by atoms with Crippen molar-refractivity contribution in [2.24, 2.45) is 11.7 Å². The van der Waals surface area contributed by atoms with Crippen LogP contribution < -0.4 is 11.5 Å². The maximum atomic E-state index is 10.0. The highest BCUT2D eigenvalue weighted by atomic mass is 35.5. The Labute approximate surface area is 156 Å². The second-order valence-electron chi connectivity index (χ2n) is 5.75. The van der Waals surface area contributed by atoms with Crippen molar-refractivity contribution in [3.8, 4) is 17.8 Å². The van der Waals surface area contributed by atoms with Gasteiger partial charge in [-0.05, 0) is 30.5 Å². The van der Waals surface area contributed by atoms with Gasteiger partial charge in [-0.1, -0.05) is 25.4 Å². The van der Waals surface area contributed by atoms with Crippen molar-refractivity contribution >= 4 is 23.4 Å². The summed E-state index contributed by atoms with van der Waals surface area (Å²) < 4.78 is 1.42. The van der Waals surface area contributed by atoms with Crippen LogP contribution in [0.5, 0.6) is 0 Å². The number of nitrogen functional groups attached to an aromatic ring is 1. The van der Waals surface area contributed by atoms with Crippen LogP contribution >= 0.6 is 11.6 Å². The van der Waals surface area contributed by atoms with Crippen LogP contribution in [0.1, 0.15) is 30.5 Å². The zero-order valence-electron chi connectivity index (χ0n) is 14.6. The van der Waals surface area contributed by atoms with E-state index in [1.807, 2.05) is 12.1 Å². The molecule has 0 aliphatic carbocycles. The van der Waals surface area contributed by atoms with Gasteiger partial charge >= 0.3 is 5.97 Å². The van der Waals surface area contributed by atoms with Gasteiger partial charge in [-0.2, -0.15) is 15.6 Å². The lowest BCUT2D eigenvalue weighted by atomic mass is 10.1. The largest absolute Gasteiger partial charge is 0.480 e. The van der Waals surface area contributed by atoms with Crippen LogP contribution in [0.3, 0.4) is 0 Å².